The minimum Gasteiger partial charge on any atom is -0.396 e. The Morgan fingerprint density at radius 3 is 2.32 bits per heavy atom. The Morgan fingerprint density at radius 1 is 1.11 bits per heavy atom. The number of benzene rings is 2. The van der Waals surface area contributed by atoms with Gasteiger partial charge in [-0.15, -0.1) is 0 Å². The molecular weight excluding hydrogens is 371 g/mol. The minimum absolute atomic E-state index is 0.0564. The molecular formula is C21H20F3NO3. The molecule has 2 aliphatic rings. The van der Waals surface area contributed by atoms with E-state index in [1.54, 1.807) is 0 Å². The number of nitrogens with zero attached hydrogens (tertiary/aromatic N) is 1. The number of carbonyl (C=O) groups is 1. The Hall–Kier alpha value is -2.38. The number of amides is 1. The van der Waals surface area contributed by atoms with Gasteiger partial charge in [0.15, 0.2) is 0 Å². The smallest absolute Gasteiger partial charge is 0.396 e. The van der Waals surface area contributed by atoms with E-state index in [1.807, 2.05) is 30.3 Å². The lowest BCUT2D eigenvalue weighted by Gasteiger charge is -2.17. The summed E-state index contributed by atoms with van der Waals surface area (Å²) in [7, 11) is 0. The van der Waals surface area contributed by atoms with Gasteiger partial charge in [0, 0.05) is 30.7 Å². The first-order valence-corrected chi connectivity index (χ1v) is 9.09. The monoisotopic (exact) mass is 391 g/mol. The van der Waals surface area contributed by atoms with Gasteiger partial charge in [-0.05, 0) is 41.7 Å². The van der Waals surface area contributed by atoms with Gasteiger partial charge in [-0.3, -0.25) is 4.79 Å². The van der Waals surface area contributed by atoms with E-state index in [1.165, 1.54) is 4.90 Å². The van der Waals surface area contributed by atoms with E-state index in [0.29, 0.717) is 0 Å². The van der Waals surface area contributed by atoms with Gasteiger partial charge >= 0.3 is 6.18 Å². The number of alkyl halides is 3. The fourth-order valence-electron chi connectivity index (χ4n) is 4.71. The summed E-state index contributed by atoms with van der Waals surface area (Å²) < 4.78 is 38.2. The van der Waals surface area contributed by atoms with Gasteiger partial charge in [-0.1, -0.05) is 30.3 Å². The number of carbonyl (C=O) groups excluding carboxylic acids is 1. The fraction of sp³-hybridized carbons (Fsp3) is 0.381. The maximum Gasteiger partial charge on any atom is 0.416 e. The molecule has 1 amide bonds. The predicted octanol–water partition coefficient (Wildman–Crippen LogP) is 2.91. The molecule has 4 rings (SSSR count). The Labute approximate surface area is 160 Å². The number of aliphatic hydroxyl groups excluding tert-OH is 2. The highest BCUT2D eigenvalue weighted by atomic mass is 19.4. The van der Waals surface area contributed by atoms with Crippen molar-refractivity contribution < 1.29 is 28.2 Å². The molecule has 1 aliphatic heterocycles. The van der Waals surface area contributed by atoms with Crippen molar-refractivity contribution in [3.05, 3.63) is 71.3 Å². The fourth-order valence-corrected chi connectivity index (χ4v) is 4.71. The van der Waals surface area contributed by atoms with Crippen molar-refractivity contribution >= 4 is 5.91 Å². The number of hydrogen-bond acceptors (Lipinski definition) is 3. The van der Waals surface area contributed by atoms with Crippen LogP contribution in [0.1, 0.15) is 27.4 Å². The maximum atomic E-state index is 12.8. The van der Waals surface area contributed by atoms with Gasteiger partial charge in [-0.25, -0.2) is 0 Å². The van der Waals surface area contributed by atoms with Crippen molar-refractivity contribution in [1.29, 1.82) is 0 Å². The first kappa shape index (κ1) is 19.0. The van der Waals surface area contributed by atoms with Gasteiger partial charge in [-0.2, -0.15) is 13.2 Å². The molecule has 1 saturated heterocycles. The molecule has 0 radical (unpaired) electrons. The molecule has 1 spiro atoms. The zero-order valence-electron chi connectivity index (χ0n) is 14.9. The second-order valence-corrected chi connectivity index (χ2v) is 7.57. The molecule has 1 aliphatic carbocycles. The predicted molar refractivity (Wildman–Crippen MR) is 95.5 cm³/mol. The molecule has 148 valence electrons. The molecule has 0 bridgehead atoms. The topological polar surface area (TPSA) is 60.8 Å². The number of hydrogen-bond donors (Lipinski definition) is 2. The molecule has 4 nitrogen and oxygen atoms in total. The maximum absolute atomic E-state index is 12.8. The highest BCUT2D eigenvalue weighted by Crippen LogP contribution is 2.68. The van der Waals surface area contributed by atoms with E-state index in [9.17, 15) is 28.2 Å². The van der Waals surface area contributed by atoms with E-state index < -0.39 is 29.2 Å². The van der Waals surface area contributed by atoms with Crippen LogP contribution in [0.2, 0.25) is 0 Å². The second-order valence-electron chi connectivity index (χ2n) is 7.57. The summed E-state index contributed by atoms with van der Waals surface area (Å²) in [5, 5.41) is 20.5. The van der Waals surface area contributed by atoms with Crippen LogP contribution in [0.4, 0.5) is 13.2 Å². The van der Waals surface area contributed by atoms with Crippen LogP contribution in [0.5, 0.6) is 0 Å². The van der Waals surface area contributed by atoms with Crippen molar-refractivity contribution in [3.63, 3.8) is 0 Å². The normalized spacial score (nSPS) is 29.3. The van der Waals surface area contributed by atoms with Crippen LogP contribution in [0.15, 0.2) is 54.6 Å². The SMILES string of the molecule is O=C(c1ccc(C(F)(F)F)cc1)N1C[C@@H](O)[C@@]2(C1)[C@H](CO)[C@H]2c1ccccc1. The van der Waals surface area contributed by atoms with Crippen LogP contribution in [0.3, 0.4) is 0 Å². The Morgan fingerprint density at radius 2 is 1.75 bits per heavy atom. The number of β-amino-alcohol motifs (C(OH)–C–C–N with tert-alkyl or cyclic N) is 1. The summed E-state index contributed by atoms with van der Waals surface area (Å²) in [6.07, 6.45) is -5.26. The quantitative estimate of drug-likeness (QED) is 0.846. The first-order chi connectivity index (χ1) is 13.3. The van der Waals surface area contributed by atoms with Crippen molar-refractivity contribution in [1.82, 2.24) is 4.90 Å². The molecule has 2 aromatic rings. The van der Waals surface area contributed by atoms with Crippen LogP contribution in [-0.2, 0) is 6.18 Å². The molecule has 1 saturated carbocycles. The first-order valence-electron chi connectivity index (χ1n) is 9.09. The summed E-state index contributed by atoms with van der Waals surface area (Å²) in [5.74, 6) is -0.630. The number of rotatable bonds is 3. The standard InChI is InChI=1S/C21H20F3NO3/c22-21(23,24)15-8-6-14(7-9-15)19(28)25-10-17(27)20(12-25)16(11-26)18(20)13-4-2-1-3-5-13/h1-9,16-18,26-27H,10-12H2/t16-,17-,18-,20-/m1/s1. The Kier molecular flexibility index (Phi) is 4.47. The largest absolute Gasteiger partial charge is 0.416 e. The number of halogens is 3. The lowest BCUT2D eigenvalue weighted by atomic mass is 9.95. The van der Waals surface area contributed by atoms with Crippen LogP contribution in [0.25, 0.3) is 0 Å². The van der Waals surface area contributed by atoms with E-state index in [4.69, 9.17) is 0 Å². The summed E-state index contributed by atoms with van der Waals surface area (Å²) in [4.78, 5) is 14.2. The van der Waals surface area contributed by atoms with Gasteiger partial charge in [0.2, 0.25) is 0 Å². The van der Waals surface area contributed by atoms with E-state index in [-0.39, 0.29) is 37.1 Å². The molecule has 1 heterocycles. The average molecular weight is 391 g/mol. The third-order valence-electron chi connectivity index (χ3n) is 6.14. The van der Waals surface area contributed by atoms with Gasteiger partial charge in [0.05, 0.1) is 11.7 Å². The summed E-state index contributed by atoms with van der Waals surface area (Å²) in [5.41, 5.74) is -0.273. The number of likely N-dealkylation sites (tertiary alicyclic amines) is 1. The molecule has 0 unspecified atom stereocenters. The molecule has 28 heavy (non-hydrogen) atoms. The zero-order valence-corrected chi connectivity index (χ0v) is 14.9. The van der Waals surface area contributed by atoms with Crippen LogP contribution < -0.4 is 0 Å². The third-order valence-corrected chi connectivity index (χ3v) is 6.14. The van der Waals surface area contributed by atoms with Crippen molar-refractivity contribution in [2.75, 3.05) is 19.7 Å². The molecule has 2 aromatic carbocycles. The third kappa shape index (κ3) is 2.89. The van der Waals surface area contributed by atoms with E-state index in [0.717, 1.165) is 29.8 Å². The van der Waals surface area contributed by atoms with Crippen LogP contribution >= 0.6 is 0 Å². The summed E-state index contributed by atoms with van der Waals surface area (Å²) in [6, 6.07) is 13.6. The van der Waals surface area contributed by atoms with Crippen molar-refractivity contribution in [2.24, 2.45) is 11.3 Å². The molecule has 4 atom stereocenters. The molecule has 2 fully saturated rings. The highest BCUT2D eigenvalue weighted by Gasteiger charge is 2.71. The van der Waals surface area contributed by atoms with Crippen molar-refractivity contribution in [3.8, 4) is 0 Å². The molecule has 7 heteroatoms. The van der Waals surface area contributed by atoms with Crippen LogP contribution in [0, 0.1) is 11.3 Å². The van der Waals surface area contributed by atoms with Gasteiger partial charge in [0.25, 0.3) is 5.91 Å². The molecule has 0 aromatic heterocycles. The van der Waals surface area contributed by atoms with Gasteiger partial charge < -0.3 is 15.1 Å². The lowest BCUT2D eigenvalue weighted by molar-refractivity contribution is -0.137. The lowest BCUT2D eigenvalue weighted by Crippen LogP contribution is -2.29. The Balaban J connectivity index is 1.55. The zero-order chi connectivity index (χ0) is 20.1. The van der Waals surface area contributed by atoms with Gasteiger partial charge in [0.1, 0.15) is 0 Å². The van der Waals surface area contributed by atoms with Crippen LogP contribution in [-0.4, -0.2) is 46.8 Å². The molecule has 2 N–H and O–H groups in total. The minimum atomic E-state index is -4.46. The average Bonchev–Trinajstić information content (AvgIpc) is 3.22. The second kappa shape index (κ2) is 6.60. The Bertz CT molecular complexity index is 869. The summed E-state index contributed by atoms with van der Waals surface area (Å²) >= 11 is 0. The highest BCUT2D eigenvalue weighted by molar-refractivity contribution is 5.94. The number of aliphatic hydroxyl groups is 2. The van der Waals surface area contributed by atoms with E-state index in [2.05, 4.69) is 0 Å². The van der Waals surface area contributed by atoms with Crippen molar-refractivity contribution in [2.45, 2.75) is 18.2 Å². The van der Waals surface area contributed by atoms with E-state index >= 15 is 0 Å². The summed E-state index contributed by atoms with van der Waals surface area (Å²) in [6.45, 7) is 0.261.